The summed E-state index contributed by atoms with van der Waals surface area (Å²) in [5, 5.41) is 9.43. The lowest BCUT2D eigenvalue weighted by Crippen LogP contribution is -2.42. The summed E-state index contributed by atoms with van der Waals surface area (Å²) < 4.78 is 31.3. The van der Waals surface area contributed by atoms with Gasteiger partial charge in [0, 0.05) is 20.6 Å². The van der Waals surface area contributed by atoms with Crippen molar-refractivity contribution >= 4 is 16.2 Å². The number of rotatable bonds is 7. The van der Waals surface area contributed by atoms with Gasteiger partial charge in [-0.3, -0.25) is 4.79 Å². The average Bonchev–Trinajstić information content (AvgIpc) is 2.38. The second kappa shape index (κ2) is 7.39. The predicted octanol–water partition coefficient (Wildman–Crippen LogP) is 0.564. The van der Waals surface area contributed by atoms with Gasteiger partial charge in [0.1, 0.15) is 12.3 Å². The lowest BCUT2D eigenvalue weighted by molar-refractivity contribution is -0.143. The number of aromatic hydroxyl groups is 1. The minimum absolute atomic E-state index is 0.0332. The number of phenolic OH excluding ortho intramolecular Hbond substituents is 1. The fraction of sp³-hybridized carbons (Fsp3) is 0.462. The van der Waals surface area contributed by atoms with E-state index in [0.717, 1.165) is 8.61 Å². The Balaban J connectivity index is 2.99. The zero-order chi connectivity index (χ0) is 16.0. The predicted molar refractivity (Wildman–Crippen MR) is 77.8 cm³/mol. The highest BCUT2D eigenvalue weighted by Gasteiger charge is 2.27. The quantitative estimate of drug-likeness (QED) is 0.743. The highest BCUT2D eigenvalue weighted by molar-refractivity contribution is 7.86. The van der Waals surface area contributed by atoms with Crippen LogP contribution in [0.4, 0.5) is 0 Å². The Morgan fingerprint density at radius 1 is 1.33 bits per heavy atom. The van der Waals surface area contributed by atoms with Gasteiger partial charge in [0.2, 0.25) is 0 Å². The number of carbonyl (C=O) groups is 1. The van der Waals surface area contributed by atoms with Crippen molar-refractivity contribution in [3.8, 4) is 5.75 Å². The normalized spacial score (nSPS) is 11.9. The van der Waals surface area contributed by atoms with Crippen LogP contribution in [-0.2, 0) is 26.3 Å². The molecule has 1 aromatic carbocycles. The topological polar surface area (TPSA) is 87.1 Å². The summed E-state index contributed by atoms with van der Waals surface area (Å²) in [7, 11) is -1.01. The first-order chi connectivity index (χ1) is 9.77. The van der Waals surface area contributed by atoms with E-state index in [1.165, 1.54) is 26.2 Å². The Morgan fingerprint density at radius 2 is 2.00 bits per heavy atom. The second-order valence-corrected chi connectivity index (χ2v) is 6.68. The van der Waals surface area contributed by atoms with Gasteiger partial charge in [-0.15, -0.1) is 0 Å². The first-order valence-electron chi connectivity index (χ1n) is 6.38. The molecule has 0 aliphatic carbocycles. The number of phenols is 1. The summed E-state index contributed by atoms with van der Waals surface area (Å²) in [6, 6.07) is 6.21. The molecule has 1 N–H and O–H groups in total. The molecule has 7 nitrogen and oxygen atoms in total. The molecular formula is C13H20N2O5S. The maximum absolute atomic E-state index is 12.2. The Kier molecular flexibility index (Phi) is 6.13. The molecule has 0 amide bonds. The van der Waals surface area contributed by atoms with Gasteiger partial charge in [0.15, 0.2) is 0 Å². The minimum Gasteiger partial charge on any atom is -0.508 e. The molecule has 0 radical (unpaired) electrons. The Bertz CT molecular complexity index is 586. The molecule has 0 heterocycles. The van der Waals surface area contributed by atoms with E-state index in [9.17, 15) is 18.3 Å². The summed E-state index contributed by atoms with van der Waals surface area (Å²) in [5.74, 6) is -0.589. The third-order valence-electron chi connectivity index (χ3n) is 2.67. The summed E-state index contributed by atoms with van der Waals surface area (Å²) >= 11 is 0. The molecule has 21 heavy (non-hydrogen) atoms. The summed E-state index contributed by atoms with van der Waals surface area (Å²) in [6.07, 6.45) is 0. The Labute approximate surface area is 124 Å². The van der Waals surface area contributed by atoms with Crippen LogP contribution in [-0.4, -0.2) is 55.4 Å². The zero-order valence-corrected chi connectivity index (χ0v) is 13.1. The maximum atomic E-state index is 12.2. The average molecular weight is 316 g/mol. The van der Waals surface area contributed by atoms with Crippen molar-refractivity contribution in [3.63, 3.8) is 0 Å². The fourth-order valence-corrected chi connectivity index (χ4v) is 2.70. The molecule has 0 fully saturated rings. The highest BCUT2D eigenvalue weighted by atomic mass is 32.2. The number of nitrogens with zero attached hydrogens (tertiary/aromatic N) is 2. The maximum Gasteiger partial charge on any atom is 0.321 e. The lowest BCUT2D eigenvalue weighted by Gasteiger charge is -2.24. The van der Waals surface area contributed by atoms with Gasteiger partial charge in [-0.25, -0.2) is 0 Å². The van der Waals surface area contributed by atoms with Gasteiger partial charge in [-0.2, -0.15) is 17.0 Å². The van der Waals surface area contributed by atoms with Crippen LogP contribution in [0.2, 0.25) is 0 Å². The molecule has 8 heteroatoms. The van der Waals surface area contributed by atoms with E-state index < -0.39 is 16.2 Å². The number of benzene rings is 1. The molecule has 1 aromatic rings. The van der Waals surface area contributed by atoms with E-state index in [1.807, 2.05) is 0 Å². The van der Waals surface area contributed by atoms with Crippen LogP contribution in [0.3, 0.4) is 0 Å². The number of hydrogen-bond acceptors (Lipinski definition) is 5. The van der Waals surface area contributed by atoms with E-state index in [0.29, 0.717) is 5.56 Å². The highest BCUT2D eigenvalue weighted by Crippen LogP contribution is 2.16. The molecule has 0 atom stereocenters. The largest absolute Gasteiger partial charge is 0.508 e. The molecular weight excluding hydrogens is 296 g/mol. The first-order valence-corrected chi connectivity index (χ1v) is 7.78. The Morgan fingerprint density at radius 3 is 2.52 bits per heavy atom. The van der Waals surface area contributed by atoms with E-state index in [-0.39, 0.29) is 25.4 Å². The van der Waals surface area contributed by atoms with Crippen molar-refractivity contribution in [2.75, 3.05) is 27.2 Å². The summed E-state index contributed by atoms with van der Waals surface area (Å²) in [6.45, 7) is 1.41. The minimum atomic E-state index is -3.78. The van der Waals surface area contributed by atoms with E-state index in [1.54, 1.807) is 19.1 Å². The number of hydrogen-bond donors (Lipinski definition) is 1. The van der Waals surface area contributed by atoms with Gasteiger partial charge in [-0.1, -0.05) is 12.1 Å². The molecule has 1 rings (SSSR count). The first kappa shape index (κ1) is 17.4. The van der Waals surface area contributed by atoms with Crippen molar-refractivity contribution in [3.05, 3.63) is 29.8 Å². The number of ether oxygens (including phenoxy) is 1. The van der Waals surface area contributed by atoms with Gasteiger partial charge < -0.3 is 9.84 Å². The molecule has 0 aliphatic heterocycles. The third-order valence-corrected chi connectivity index (χ3v) is 4.50. The Hall–Kier alpha value is -1.64. The standard InChI is InChI=1S/C13H20N2O5S/c1-4-20-13(17)10-15(21(18,19)14(2)3)9-11-6-5-7-12(16)8-11/h5-8,16H,4,9-10H2,1-3H3. The second-order valence-electron chi connectivity index (χ2n) is 4.53. The monoisotopic (exact) mass is 316 g/mol. The molecule has 0 aromatic heterocycles. The number of carbonyl (C=O) groups excluding carboxylic acids is 1. The van der Waals surface area contributed by atoms with E-state index in [4.69, 9.17) is 4.74 Å². The van der Waals surface area contributed by atoms with Crippen molar-refractivity contribution < 1.29 is 23.1 Å². The number of esters is 1. The summed E-state index contributed by atoms with van der Waals surface area (Å²) in [5.41, 5.74) is 0.574. The molecule has 0 bridgehead atoms. The van der Waals surface area contributed by atoms with Crippen LogP contribution in [0.25, 0.3) is 0 Å². The van der Waals surface area contributed by atoms with Crippen LogP contribution in [0.15, 0.2) is 24.3 Å². The summed E-state index contributed by atoms with van der Waals surface area (Å²) in [4.78, 5) is 11.6. The van der Waals surface area contributed by atoms with Gasteiger partial charge >= 0.3 is 5.97 Å². The van der Waals surface area contributed by atoms with Crippen LogP contribution in [0, 0.1) is 0 Å². The molecule has 0 saturated heterocycles. The smallest absolute Gasteiger partial charge is 0.321 e. The van der Waals surface area contributed by atoms with Crippen molar-refractivity contribution in [1.82, 2.24) is 8.61 Å². The molecule has 0 saturated carbocycles. The lowest BCUT2D eigenvalue weighted by atomic mass is 10.2. The molecule has 118 valence electrons. The van der Waals surface area contributed by atoms with Crippen molar-refractivity contribution in [2.24, 2.45) is 0 Å². The van der Waals surface area contributed by atoms with E-state index >= 15 is 0 Å². The van der Waals surface area contributed by atoms with Crippen LogP contribution >= 0.6 is 0 Å². The van der Waals surface area contributed by atoms with Crippen LogP contribution in [0.1, 0.15) is 12.5 Å². The SMILES string of the molecule is CCOC(=O)CN(Cc1cccc(O)c1)S(=O)(=O)N(C)C. The molecule has 0 unspecified atom stereocenters. The van der Waals surface area contributed by atoms with Crippen molar-refractivity contribution in [1.29, 1.82) is 0 Å². The third kappa shape index (κ3) is 5.00. The van der Waals surface area contributed by atoms with E-state index in [2.05, 4.69) is 0 Å². The van der Waals surface area contributed by atoms with Gasteiger partial charge in [0.25, 0.3) is 10.2 Å². The van der Waals surface area contributed by atoms with Crippen LogP contribution < -0.4 is 0 Å². The zero-order valence-electron chi connectivity index (χ0n) is 12.3. The molecule has 0 aliphatic rings. The van der Waals surface area contributed by atoms with Gasteiger partial charge in [0.05, 0.1) is 6.61 Å². The van der Waals surface area contributed by atoms with Gasteiger partial charge in [-0.05, 0) is 24.6 Å². The van der Waals surface area contributed by atoms with Crippen LogP contribution in [0.5, 0.6) is 5.75 Å². The van der Waals surface area contributed by atoms with Crippen molar-refractivity contribution in [2.45, 2.75) is 13.5 Å². The fourth-order valence-electron chi connectivity index (χ4n) is 1.66. The molecule has 0 spiro atoms.